The van der Waals surface area contributed by atoms with Crippen molar-refractivity contribution in [1.82, 2.24) is 0 Å². The average molecular weight is 332 g/mol. The molecule has 0 aromatic heterocycles. The fourth-order valence-electron chi connectivity index (χ4n) is 2.63. The maximum absolute atomic E-state index is 5.91. The van der Waals surface area contributed by atoms with Gasteiger partial charge in [0.2, 0.25) is 0 Å². The number of anilines is 1. The van der Waals surface area contributed by atoms with Crippen LogP contribution >= 0.6 is 15.9 Å². The van der Waals surface area contributed by atoms with E-state index in [4.69, 9.17) is 4.74 Å². The van der Waals surface area contributed by atoms with E-state index >= 15 is 0 Å². The standard InChI is InChI=1S/C17H18BrNO/c1-3-12-4-6-13(7-5-12)16-11-20-17-9-8-14(18)10-15(17)19(16)2/h4-10,16H,3,11H2,1-2H3. The van der Waals surface area contributed by atoms with Gasteiger partial charge in [0.15, 0.2) is 0 Å². The van der Waals surface area contributed by atoms with Crippen LogP contribution in [0.2, 0.25) is 0 Å². The summed E-state index contributed by atoms with van der Waals surface area (Å²) in [7, 11) is 2.13. The monoisotopic (exact) mass is 331 g/mol. The van der Waals surface area contributed by atoms with Crippen LogP contribution in [0.1, 0.15) is 24.1 Å². The van der Waals surface area contributed by atoms with Gasteiger partial charge in [-0.3, -0.25) is 0 Å². The molecule has 0 fully saturated rings. The summed E-state index contributed by atoms with van der Waals surface area (Å²) >= 11 is 3.53. The molecule has 1 aliphatic rings. The molecule has 0 N–H and O–H groups in total. The van der Waals surface area contributed by atoms with Crippen molar-refractivity contribution in [2.24, 2.45) is 0 Å². The van der Waals surface area contributed by atoms with E-state index in [-0.39, 0.29) is 6.04 Å². The van der Waals surface area contributed by atoms with Crippen molar-refractivity contribution >= 4 is 21.6 Å². The Morgan fingerprint density at radius 1 is 1.20 bits per heavy atom. The molecule has 0 bridgehead atoms. The van der Waals surface area contributed by atoms with Crippen LogP contribution in [0.3, 0.4) is 0 Å². The first kappa shape index (κ1) is 13.5. The zero-order valence-electron chi connectivity index (χ0n) is 11.8. The lowest BCUT2D eigenvalue weighted by molar-refractivity contribution is 0.268. The van der Waals surface area contributed by atoms with Gasteiger partial charge < -0.3 is 9.64 Å². The van der Waals surface area contributed by atoms with E-state index in [9.17, 15) is 0 Å². The van der Waals surface area contributed by atoms with Crippen LogP contribution in [-0.4, -0.2) is 13.7 Å². The van der Waals surface area contributed by atoms with Crippen LogP contribution in [0.15, 0.2) is 46.9 Å². The van der Waals surface area contributed by atoms with Crippen molar-refractivity contribution < 1.29 is 4.74 Å². The van der Waals surface area contributed by atoms with Gasteiger partial charge in [-0.2, -0.15) is 0 Å². The quantitative estimate of drug-likeness (QED) is 0.798. The minimum atomic E-state index is 0.266. The molecule has 3 rings (SSSR count). The highest BCUT2D eigenvalue weighted by atomic mass is 79.9. The van der Waals surface area contributed by atoms with Gasteiger partial charge in [0.25, 0.3) is 0 Å². The summed E-state index contributed by atoms with van der Waals surface area (Å²) in [5.74, 6) is 0.956. The number of halogens is 1. The Kier molecular flexibility index (Phi) is 3.70. The molecule has 0 spiro atoms. The van der Waals surface area contributed by atoms with Crippen molar-refractivity contribution in [2.75, 3.05) is 18.6 Å². The van der Waals surface area contributed by atoms with Crippen molar-refractivity contribution in [3.8, 4) is 5.75 Å². The fraction of sp³-hybridized carbons (Fsp3) is 0.294. The Morgan fingerprint density at radius 3 is 2.65 bits per heavy atom. The lowest BCUT2D eigenvalue weighted by atomic mass is 10.0. The largest absolute Gasteiger partial charge is 0.489 e. The SMILES string of the molecule is CCc1ccc(C2COc3ccc(Br)cc3N2C)cc1. The number of ether oxygens (including phenoxy) is 1. The van der Waals surface area contributed by atoms with Crippen LogP contribution in [-0.2, 0) is 6.42 Å². The zero-order valence-corrected chi connectivity index (χ0v) is 13.4. The highest BCUT2D eigenvalue weighted by Crippen LogP contribution is 2.39. The molecule has 0 aliphatic carbocycles. The lowest BCUT2D eigenvalue weighted by Crippen LogP contribution is -2.33. The molecule has 2 aromatic rings. The van der Waals surface area contributed by atoms with E-state index in [0.717, 1.165) is 22.3 Å². The number of likely N-dealkylation sites (N-methyl/N-ethyl adjacent to an activating group) is 1. The molecule has 104 valence electrons. The van der Waals surface area contributed by atoms with E-state index in [1.54, 1.807) is 0 Å². The summed E-state index contributed by atoms with van der Waals surface area (Å²) in [6, 6.07) is 15.3. The van der Waals surface area contributed by atoms with Gasteiger partial charge in [0.05, 0.1) is 11.7 Å². The summed E-state index contributed by atoms with van der Waals surface area (Å²) in [5, 5.41) is 0. The van der Waals surface area contributed by atoms with E-state index in [2.05, 4.69) is 65.1 Å². The molecule has 1 atom stereocenters. The number of fused-ring (bicyclic) bond motifs is 1. The second-order valence-corrected chi connectivity index (χ2v) is 6.06. The van der Waals surface area contributed by atoms with Crippen molar-refractivity contribution in [2.45, 2.75) is 19.4 Å². The number of hydrogen-bond donors (Lipinski definition) is 0. The smallest absolute Gasteiger partial charge is 0.142 e. The van der Waals surface area contributed by atoms with E-state index in [0.29, 0.717) is 6.61 Å². The highest BCUT2D eigenvalue weighted by Gasteiger charge is 2.26. The van der Waals surface area contributed by atoms with Gasteiger partial charge in [0.1, 0.15) is 12.4 Å². The third-order valence-electron chi connectivity index (χ3n) is 3.94. The summed E-state index contributed by atoms with van der Waals surface area (Å²) in [6.07, 6.45) is 1.08. The molecule has 1 unspecified atom stereocenters. The van der Waals surface area contributed by atoms with Crippen LogP contribution < -0.4 is 9.64 Å². The maximum atomic E-state index is 5.91. The van der Waals surface area contributed by atoms with Crippen molar-refractivity contribution in [1.29, 1.82) is 0 Å². The third kappa shape index (κ3) is 2.42. The average Bonchev–Trinajstić information content (AvgIpc) is 2.48. The number of benzene rings is 2. The fourth-order valence-corrected chi connectivity index (χ4v) is 2.98. The van der Waals surface area contributed by atoms with Gasteiger partial charge >= 0.3 is 0 Å². The van der Waals surface area contributed by atoms with Crippen LogP contribution in [0, 0.1) is 0 Å². The van der Waals surface area contributed by atoms with E-state index < -0.39 is 0 Å². The number of nitrogens with zero attached hydrogens (tertiary/aromatic N) is 1. The first-order valence-corrected chi connectivity index (χ1v) is 7.72. The second kappa shape index (κ2) is 5.49. The Balaban J connectivity index is 1.92. The molecule has 3 heteroatoms. The number of hydrogen-bond acceptors (Lipinski definition) is 2. The number of rotatable bonds is 2. The Hall–Kier alpha value is -1.48. The van der Waals surface area contributed by atoms with Gasteiger partial charge in [-0.25, -0.2) is 0 Å². The van der Waals surface area contributed by atoms with Gasteiger partial charge in [-0.15, -0.1) is 0 Å². The second-order valence-electron chi connectivity index (χ2n) is 5.14. The van der Waals surface area contributed by atoms with Gasteiger partial charge in [0, 0.05) is 11.5 Å². The molecule has 0 saturated carbocycles. The Labute approximate surface area is 128 Å². The van der Waals surface area contributed by atoms with E-state index in [1.807, 2.05) is 12.1 Å². The molecule has 0 amide bonds. The normalized spacial score (nSPS) is 17.6. The Morgan fingerprint density at radius 2 is 1.95 bits per heavy atom. The first-order valence-electron chi connectivity index (χ1n) is 6.93. The van der Waals surface area contributed by atoms with E-state index in [1.165, 1.54) is 11.1 Å². The first-order chi connectivity index (χ1) is 9.69. The minimum absolute atomic E-state index is 0.266. The summed E-state index contributed by atoms with van der Waals surface area (Å²) in [4.78, 5) is 2.30. The maximum Gasteiger partial charge on any atom is 0.142 e. The predicted molar refractivity (Wildman–Crippen MR) is 86.6 cm³/mol. The molecule has 20 heavy (non-hydrogen) atoms. The van der Waals surface area contributed by atoms with Gasteiger partial charge in [-0.05, 0) is 35.7 Å². The minimum Gasteiger partial charge on any atom is -0.489 e. The predicted octanol–water partition coefficient (Wildman–Crippen LogP) is 4.58. The van der Waals surface area contributed by atoms with Crippen LogP contribution in [0.5, 0.6) is 5.75 Å². The molecule has 2 nitrogen and oxygen atoms in total. The zero-order chi connectivity index (χ0) is 14.1. The number of aryl methyl sites for hydroxylation is 1. The molecule has 1 heterocycles. The third-order valence-corrected chi connectivity index (χ3v) is 4.43. The summed E-state index contributed by atoms with van der Waals surface area (Å²) < 4.78 is 6.99. The van der Waals surface area contributed by atoms with Crippen molar-refractivity contribution in [3.63, 3.8) is 0 Å². The molecule has 1 aliphatic heterocycles. The van der Waals surface area contributed by atoms with Crippen molar-refractivity contribution in [3.05, 3.63) is 58.1 Å². The van der Waals surface area contributed by atoms with Gasteiger partial charge in [-0.1, -0.05) is 47.1 Å². The molecule has 0 saturated heterocycles. The molecular formula is C17H18BrNO. The molecule has 0 radical (unpaired) electrons. The highest BCUT2D eigenvalue weighted by molar-refractivity contribution is 9.10. The van der Waals surface area contributed by atoms with Crippen LogP contribution in [0.4, 0.5) is 5.69 Å². The summed E-state index contributed by atoms with van der Waals surface area (Å²) in [5.41, 5.74) is 3.81. The lowest BCUT2D eigenvalue weighted by Gasteiger charge is -2.36. The molecule has 2 aromatic carbocycles. The molecular weight excluding hydrogens is 314 g/mol. The topological polar surface area (TPSA) is 12.5 Å². The summed E-state index contributed by atoms with van der Waals surface area (Å²) in [6.45, 7) is 2.87. The van der Waals surface area contributed by atoms with Crippen LogP contribution in [0.25, 0.3) is 0 Å². The Bertz CT molecular complexity index is 609.